The highest BCUT2D eigenvalue weighted by atomic mass is 127. The van der Waals surface area contributed by atoms with E-state index in [1.54, 1.807) is 18.4 Å². The van der Waals surface area contributed by atoms with E-state index in [2.05, 4.69) is 27.5 Å². The first-order valence-electron chi connectivity index (χ1n) is 9.02. The minimum absolute atomic E-state index is 0. The topological polar surface area (TPSA) is 67.8 Å². The minimum Gasteiger partial charge on any atom is -0.486 e. The van der Waals surface area contributed by atoms with E-state index >= 15 is 0 Å². The number of benzene rings is 1. The number of halogens is 2. The number of aliphatic imine (C=N–C) groups is 1. The summed E-state index contributed by atoms with van der Waals surface area (Å²) in [6.07, 6.45) is 1.69. The zero-order chi connectivity index (χ0) is 19.2. The lowest BCUT2D eigenvalue weighted by atomic mass is 10.1. The first-order chi connectivity index (χ1) is 13.1. The van der Waals surface area contributed by atoms with Crippen LogP contribution in [-0.2, 0) is 12.8 Å². The van der Waals surface area contributed by atoms with Gasteiger partial charge in [0.05, 0.1) is 15.7 Å². The Balaban J connectivity index is 0.00000280. The summed E-state index contributed by atoms with van der Waals surface area (Å²) >= 11 is 8.04. The van der Waals surface area contributed by atoms with Crippen LogP contribution < -0.4 is 20.1 Å². The van der Waals surface area contributed by atoms with Crippen molar-refractivity contribution in [2.75, 3.05) is 33.4 Å². The van der Waals surface area contributed by atoms with Crippen molar-refractivity contribution in [3.63, 3.8) is 0 Å². The molecule has 0 bridgehead atoms. The number of aryl methyl sites for hydroxylation is 2. The van der Waals surface area contributed by atoms with Crippen LogP contribution in [0.4, 0.5) is 0 Å². The third-order valence-corrected chi connectivity index (χ3v) is 5.70. The second-order valence-corrected chi connectivity index (χ2v) is 7.97. The van der Waals surface area contributed by atoms with Crippen molar-refractivity contribution >= 4 is 52.9 Å². The van der Waals surface area contributed by atoms with E-state index in [-0.39, 0.29) is 24.0 Å². The Bertz CT molecular complexity index is 809. The summed E-state index contributed by atoms with van der Waals surface area (Å²) < 4.78 is 11.2. The van der Waals surface area contributed by atoms with Crippen LogP contribution in [0, 0.1) is 13.8 Å². The Morgan fingerprint density at radius 2 is 1.89 bits per heavy atom. The second kappa shape index (κ2) is 11.1. The van der Waals surface area contributed by atoms with E-state index in [1.807, 2.05) is 19.1 Å². The molecule has 1 aliphatic rings. The number of rotatable bonds is 6. The van der Waals surface area contributed by atoms with Crippen LogP contribution in [0.15, 0.2) is 17.1 Å². The number of thiazole rings is 1. The van der Waals surface area contributed by atoms with Gasteiger partial charge in [0.25, 0.3) is 0 Å². The normalized spacial score (nSPS) is 13.1. The van der Waals surface area contributed by atoms with Crippen molar-refractivity contribution in [2.45, 2.75) is 26.7 Å². The third-order valence-electron chi connectivity index (χ3n) is 4.29. The maximum atomic E-state index is 6.29. The number of aromatic nitrogens is 1. The maximum absolute atomic E-state index is 6.29. The van der Waals surface area contributed by atoms with Gasteiger partial charge >= 0.3 is 0 Å². The molecule has 2 aromatic rings. The molecule has 0 saturated heterocycles. The molecule has 0 fully saturated rings. The number of hydrogen-bond acceptors (Lipinski definition) is 5. The molecule has 6 nitrogen and oxygen atoms in total. The summed E-state index contributed by atoms with van der Waals surface area (Å²) in [6, 6.07) is 3.92. The van der Waals surface area contributed by atoms with Crippen LogP contribution in [0.5, 0.6) is 11.5 Å². The third kappa shape index (κ3) is 6.12. The molecular weight excluding hydrogens is 511 g/mol. The molecule has 2 N–H and O–H groups in total. The fourth-order valence-electron chi connectivity index (χ4n) is 2.79. The first kappa shape index (κ1) is 23.0. The van der Waals surface area contributed by atoms with Gasteiger partial charge in [0.2, 0.25) is 0 Å². The van der Waals surface area contributed by atoms with Gasteiger partial charge in [0, 0.05) is 31.4 Å². The molecule has 1 aliphatic heterocycles. The molecule has 3 rings (SSSR count). The standard InChI is InChI=1S/C19H25ClN4O2S.HI/c1-12-13(2)27-17(24-12)5-7-23-19(21-3)22-6-4-14-10-15(20)18-16(11-14)25-8-9-26-18;/h10-11H,4-9H2,1-3H3,(H2,21,22,23);1H. The lowest BCUT2D eigenvalue weighted by Crippen LogP contribution is -2.39. The first-order valence-corrected chi connectivity index (χ1v) is 10.2. The lowest BCUT2D eigenvalue weighted by Gasteiger charge is -2.20. The highest BCUT2D eigenvalue weighted by molar-refractivity contribution is 14.0. The molecule has 28 heavy (non-hydrogen) atoms. The van der Waals surface area contributed by atoms with Gasteiger partial charge in [-0.15, -0.1) is 35.3 Å². The number of ether oxygens (including phenoxy) is 2. The predicted molar refractivity (Wildman–Crippen MR) is 126 cm³/mol. The van der Waals surface area contributed by atoms with Crippen LogP contribution in [-0.4, -0.2) is 44.3 Å². The Hall–Kier alpha value is -1.26. The molecule has 1 aromatic carbocycles. The number of nitrogens with zero attached hydrogens (tertiary/aromatic N) is 2. The van der Waals surface area contributed by atoms with Gasteiger partial charge in [-0.2, -0.15) is 0 Å². The van der Waals surface area contributed by atoms with E-state index < -0.39 is 0 Å². The molecule has 0 atom stereocenters. The minimum atomic E-state index is 0. The zero-order valence-electron chi connectivity index (χ0n) is 16.3. The van der Waals surface area contributed by atoms with Gasteiger partial charge in [-0.1, -0.05) is 11.6 Å². The van der Waals surface area contributed by atoms with Crippen molar-refractivity contribution in [2.24, 2.45) is 4.99 Å². The highest BCUT2D eigenvalue weighted by Gasteiger charge is 2.16. The van der Waals surface area contributed by atoms with Crippen molar-refractivity contribution in [1.82, 2.24) is 15.6 Å². The van der Waals surface area contributed by atoms with Crippen molar-refractivity contribution in [1.29, 1.82) is 0 Å². The van der Waals surface area contributed by atoms with Gasteiger partial charge in [0.1, 0.15) is 13.2 Å². The zero-order valence-corrected chi connectivity index (χ0v) is 20.2. The fourth-order valence-corrected chi connectivity index (χ4v) is 4.01. The Labute approximate surface area is 192 Å². The molecule has 9 heteroatoms. The van der Waals surface area contributed by atoms with Crippen LogP contribution in [0.25, 0.3) is 0 Å². The summed E-state index contributed by atoms with van der Waals surface area (Å²) in [5.41, 5.74) is 2.22. The van der Waals surface area contributed by atoms with Gasteiger partial charge in [0.15, 0.2) is 17.5 Å². The largest absolute Gasteiger partial charge is 0.486 e. The molecule has 0 aliphatic carbocycles. The summed E-state index contributed by atoms with van der Waals surface area (Å²) in [6.45, 7) is 6.78. The summed E-state index contributed by atoms with van der Waals surface area (Å²) in [7, 11) is 1.77. The predicted octanol–water partition coefficient (Wildman–Crippen LogP) is 3.75. The fraction of sp³-hybridized carbons (Fsp3) is 0.474. The van der Waals surface area contributed by atoms with Crippen molar-refractivity contribution < 1.29 is 9.47 Å². The number of guanidine groups is 1. The van der Waals surface area contributed by atoms with Crippen LogP contribution in [0.3, 0.4) is 0 Å². The van der Waals surface area contributed by atoms with Crippen LogP contribution >= 0.6 is 46.9 Å². The lowest BCUT2D eigenvalue weighted by molar-refractivity contribution is 0.171. The summed E-state index contributed by atoms with van der Waals surface area (Å²) in [4.78, 5) is 10.1. The SMILES string of the molecule is CN=C(NCCc1cc(Cl)c2c(c1)OCCO2)NCCc1nc(C)c(C)s1.I. The smallest absolute Gasteiger partial charge is 0.191 e. The monoisotopic (exact) mass is 536 g/mol. The van der Waals surface area contributed by atoms with Crippen LogP contribution in [0.2, 0.25) is 5.02 Å². The second-order valence-electron chi connectivity index (χ2n) is 6.28. The highest BCUT2D eigenvalue weighted by Crippen LogP contribution is 2.38. The molecule has 0 unspecified atom stereocenters. The van der Waals surface area contributed by atoms with Gasteiger partial charge in [-0.3, -0.25) is 4.99 Å². The van der Waals surface area contributed by atoms with E-state index in [1.165, 1.54) is 4.88 Å². The molecule has 0 amide bonds. The average Bonchev–Trinajstić information content (AvgIpc) is 2.98. The maximum Gasteiger partial charge on any atom is 0.191 e. The van der Waals surface area contributed by atoms with E-state index in [0.717, 1.165) is 53.9 Å². The number of fused-ring (bicyclic) bond motifs is 1. The van der Waals surface area contributed by atoms with Crippen molar-refractivity contribution in [3.8, 4) is 11.5 Å². The molecule has 1 aromatic heterocycles. The van der Waals surface area contributed by atoms with Gasteiger partial charge in [-0.05, 0) is 38.0 Å². The van der Waals surface area contributed by atoms with Crippen LogP contribution in [0.1, 0.15) is 21.1 Å². The van der Waals surface area contributed by atoms with Gasteiger partial charge < -0.3 is 20.1 Å². The average molecular weight is 537 g/mol. The molecular formula is C19H26ClIN4O2S. The van der Waals surface area contributed by atoms with E-state index in [0.29, 0.717) is 24.0 Å². The van der Waals surface area contributed by atoms with E-state index in [9.17, 15) is 0 Å². The number of hydrogen-bond donors (Lipinski definition) is 2. The van der Waals surface area contributed by atoms with Gasteiger partial charge in [-0.25, -0.2) is 4.98 Å². The molecule has 154 valence electrons. The molecule has 0 radical (unpaired) electrons. The number of nitrogens with one attached hydrogen (secondary N) is 2. The molecule has 2 heterocycles. The molecule has 0 saturated carbocycles. The molecule has 0 spiro atoms. The quantitative estimate of drug-likeness (QED) is 0.334. The Kier molecular flexibility index (Phi) is 9.10. The van der Waals surface area contributed by atoms with Crippen molar-refractivity contribution in [3.05, 3.63) is 38.3 Å². The summed E-state index contributed by atoms with van der Waals surface area (Å²) in [5.74, 6) is 2.15. The van der Waals surface area contributed by atoms with E-state index in [4.69, 9.17) is 21.1 Å². The summed E-state index contributed by atoms with van der Waals surface area (Å²) in [5, 5.41) is 8.40. The Morgan fingerprint density at radius 3 is 2.57 bits per heavy atom. The Morgan fingerprint density at radius 1 is 1.18 bits per heavy atom.